The van der Waals surface area contributed by atoms with Crippen molar-refractivity contribution >= 4 is 19.2 Å². The van der Waals surface area contributed by atoms with Crippen LogP contribution in [0.5, 0.6) is 0 Å². The van der Waals surface area contributed by atoms with E-state index in [1.807, 2.05) is 58.2 Å². The van der Waals surface area contributed by atoms with Gasteiger partial charge < -0.3 is 26.7 Å². The largest absolute Gasteiger partial charge is 0.673 e. The first-order chi connectivity index (χ1) is 13.4. The van der Waals surface area contributed by atoms with Gasteiger partial charge in [-0.2, -0.15) is 0 Å². The molecule has 1 saturated heterocycles. The molecule has 2 aromatic carbocycles. The van der Waals surface area contributed by atoms with Gasteiger partial charge in [0.25, 0.3) is 5.95 Å². The lowest BCUT2D eigenvalue weighted by molar-refractivity contribution is -0.346. The van der Waals surface area contributed by atoms with Crippen molar-refractivity contribution in [3.8, 4) is 11.1 Å². The van der Waals surface area contributed by atoms with Gasteiger partial charge in [-0.25, -0.2) is 4.99 Å². The number of rotatable bonds is 3. The van der Waals surface area contributed by atoms with Crippen LogP contribution in [-0.2, 0) is 9.47 Å². The summed E-state index contributed by atoms with van der Waals surface area (Å²) in [5.41, 5.74) is 2.74. The van der Waals surface area contributed by atoms with Gasteiger partial charge in [0.1, 0.15) is 11.2 Å². The smallest absolute Gasteiger partial charge is 0.455 e. The quantitative estimate of drug-likeness (QED) is 0.445. The summed E-state index contributed by atoms with van der Waals surface area (Å²) in [4.78, 5) is 3.24. The summed E-state index contributed by atoms with van der Waals surface area (Å²) in [6.45, 7) is 8.13. The van der Waals surface area contributed by atoms with E-state index in [0.29, 0.717) is 5.95 Å². The highest BCUT2D eigenvalue weighted by molar-refractivity contribution is 6.50. The number of allylic oxidation sites excluding steroid dienone is 1. The summed E-state index contributed by atoms with van der Waals surface area (Å²) in [5, 5.41) is 0. The fourth-order valence-electron chi connectivity index (χ4n) is 2.43. The number of benzene rings is 2. The zero-order valence-electron chi connectivity index (χ0n) is 16.8. The number of nitrogens with one attached hydrogen (secondary N) is 1. The van der Waals surface area contributed by atoms with Crippen LogP contribution in [0.2, 0.25) is 0 Å². The third-order valence-corrected chi connectivity index (χ3v) is 4.62. The predicted octanol–water partition coefficient (Wildman–Crippen LogP) is 4.88. The molecular formula is C21H24BF4NO2. The zero-order chi connectivity index (χ0) is 21.7. The molecule has 0 atom stereocenters. The van der Waals surface area contributed by atoms with E-state index in [0.717, 1.165) is 5.69 Å². The topological polar surface area (TPSA) is 32.4 Å². The molecule has 0 aliphatic carbocycles. The highest BCUT2D eigenvalue weighted by Crippen LogP contribution is 2.39. The Hall–Kier alpha value is -2.77. The Balaban J connectivity index is 0.000000537. The average molecular weight is 409 g/mol. The molecule has 2 aromatic rings. The lowest BCUT2D eigenvalue weighted by Crippen LogP contribution is -2.60. The first kappa shape index (κ1) is 22.5. The van der Waals surface area contributed by atoms with E-state index in [9.17, 15) is 17.3 Å². The second-order valence-electron chi connectivity index (χ2n) is 7.46. The maximum Gasteiger partial charge on any atom is 0.673 e. The monoisotopic (exact) mass is 409 g/mol. The van der Waals surface area contributed by atoms with E-state index in [1.54, 1.807) is 0 Å². The van der Waals surface area contributed by atoms with Gasteiger partial charge in [0, 0.05) is 12.1 Å². The molecule has 3 rings (SSSR count). The normalized spacial score (nSPS) is 17.2. The summed E-state index contributed by atoms with van der Waals surface area (Å²) in [6.07, 6.45) is 3.66. The number of halogens is 4. The van der Waals surface area contributed by atoms with Crippen LogP contribution in [0.1, 0.15) is 27.7 Å². The van der Waals surface area contributed by atoms with Gasteiger partial charge in [0.15, 0.2) is 6.21 Å². The minimum atomic E-state index is -6.00. The Morgan fingerprint density at radius 3 is 1.69 bits per heavy atom. The van der Waals surface area contributed by atoms with Gasteiger partial charge in [-0.15, -0.1) is 0 Å². The molecule has 1 heterocycles. The Labute approximate surface area is 168 Å². The van der Waals surface area contributed by atoms with Crippen molar-refractivity contribution in [1.29, 1.82) is 0 Å². The lowest BCUT2D eigenvalue weighted by Gasteiger charge is -2.28. The maximum absolute atomic E-state index is 9.75. The van der Waals surface area contributed by atoms with Gasteiger partial charge in [0.2, 0.25) is 5.69 Å². The van der Waals surface area contributed by atoms with Crippen molar-refractivity contribution in [1.82, 2.24) is 0 Å². The standard InChI is InChI=1S/C21H23NO2.BF4/c1-20(2)21(3,4)24-19(23-20)14-15-22-18-12-10-17(11-13-18)16-8-6-5-7-9-16;2-1(3,4)5/h5-15H,1-4H3;/q;-1/p+1. The van der Waals surface area contributed by atoms with Crippen LogP contribution < -0.4 is 4.99 Å². The molecule has 0 aromatic heterocycles. The van der Waals surface area contributed by atoms with Crippen molar-refractivity contribution in [2.75, 3.05) is 0 Å². The Bertz CT molecular complexity index is 836. The highest BCUT2D eigenvalue weighted by atomic mass is 19.5. The molecule has 1 aliphatic rings. The van der Waals surface area contributed by atoms with Gasteiger partial charge in [-0.3, -0.25) is 0 Å². The maximum atomic E-state index is 9.75. The number of hydrogen-bond donors (Lipinski definition) is 1. The minimum Gasteiger partial charge on any atom is -0.455 e. The van der Waals surface area contributed by atoms with Crippen molar-refractivity contribution in [2.45, 2.75) is 38.9 Å². The molecule has 8 heteroatoms. The minimum absolute atomic E-state index is 0.343. The third kappa shape index (κ3) is 6.96. The Morgan fingerprint density at radius 1 is 0.759 bits per heavy atom. The van der Waals surface area contributed by atoms with Crippen LogP contribution in [0.4, 0.5) is 23.0 Å². The third-order valence-electron chi connectivity index (χ3n) is 4.62. The molecule has 3 nitrogen and oxygen atoms in total. The zero-order valence-corrected chi connectivity index (χ0v) is 16.8. The summed E-state index contributed by atoms with van der Waals surface area (Å²) >= 11 is 0. The molecule has 1 fully saturated rings. The van der Waals surface area contributed by atoms with Crippen LogP contribution in [-0.4, -0.2) is 24.7 Å². The molecule has 0 bridgehead atoms. The second kappa shape index (κ2) is 8.72. The van der Waals surface area contributed by atoms with Crippen molar-refractivity contribution in [3.63, 3.8) is 0 Å². The van der Waals surface area contributed by atoms with Crippen molar-refractivity contribution < 1.29 is 31.7 Å². The molecule has 0 spiro atoms. The van der Waals surface area contributed by atoms with E-state index in [-0.39, 0.29) is 11.2 Å². The molecule has 0 saturated carbocycles. The molecule has 156 valence electrons. The van der Waals surface area contributed by atoms with E-state index >= 15 is 0 Å². The molecule has 29 heavy (non-hydrogen) atoms. The fourth-order valence-corrected chi connectivity index (χ4v) is 2.43. The molecule has 0 unspecified atom stereocenters. The second-order valence-corrected chi connectivity index (χ2v) is 7.46. The SMILES string of the molecule is CC1(C)OC(=CC=[NH+]c2ccc(-c3ccccc3)cc2)OC1(C)C.F[B-](F)(F)F. The lowest BCUT2D eigenvalue weighted by atomic mass is 9.90. The Kier molecular flexibility index (Phi) is 6.77. The van der Waals surface area contributed by atoms with E-state index in [1.165, 1.54) is 11.1 Å². The first-order valence-electron chi connectivity index (χ1n) is 9.08. The van der Waals surface area contributed by atoms with Crippen molar-refractivity contribution in [2.24, 2.45) is 0 Å². The molecule has 1 N–H and O–H groups in total. The van der Waals surface area contributed by atoms with Crippen LogP contribution in [0, 0.1) is 0 Å². The Morgan fingerprint density at radius 2 is 1.21 bits per heavy atom. The predicted molar refractivity (Wildman–Crippen MR) is 107 cm³/mol. The fraction of sp³-hybridized carbons (Fsp3) is 0.286. The summed E-state index contributed by atoms with van der Waals surface area (Å²) < 4.78 is 50.7. The molecule has 1 aliphatic heterocycles. The number of hydrogen-bond acceptors (Lipinski definition) is 2. The first-order valence-corrected chi connectivity index (χ1v) is 9.08. The van der Waals surface area contributed by atoms with Gasteiger partial charge in [0.05, 0.1) is 6.08 Å². The molecular weight excluding hydrogens is 385 g/mol. The van der Waals surface area contributed by atoms with Crippen LogP contribution in [0.3, 0.4) is 0 Å². The summed E-state index contributed by atoms with van der Waals surface area (Å²) in [7, 11) is -6.00. The van der Waals surface area contributed by atoms with E-state index in [2.05, 4.69) is 41.4 Å². The van der Waals surface area contributed by atoms with E-state index in [4.69, 9.17) is 9.47 Å². The summed E-state index contributed by atoms with van der Waals surface area (Å²) in [6, 6.07) is 18.7. The highest BCUT2D eigenvalue weighted by Gasteiger charge is 2.48. The molecule has 0 radical (unpaired) electrons. The van der Waals surface area contributed by atoms with E-state index < -0.39 is 7.25 Å². The average Bonchev–Trinajstić information content (AvgIpc) is 2.82. The van der Waals surface area contributed by atoms with Gasteiger partial charge in [-0.05, 0) is 51.0 Å². The van der Waals surface area contributed by atoms with Crippen LogP contribution in [0.25, 0.3) is 11.1 Å². The van der Waals surface area contributed by atoms with Gasteiger partial charge >= 0.3 is 7.25 Å². The number of ether oxygens (including phenoxy) is 2. The van der Waals surface area contributed by atoms with Gasteiger partial charge in [-0.1, -0.05) is 30.3 Å². The summed E-state index contributed by atoms with van der Waals surface area (Å²) in [5.74, 6) is 0.540. The van der Waals surface area contributed by atoms with Crippen molar-refractivity contribution in [3.05, 3.63) is 66.6 Å². The van der Waals surface area contributed by atoms with Crippen LogP contribution in [0.15, 0.2) is 66.6 Å². The van der Waals surface area contributed by atoms with Crippen LogP contribution >= 0.6 is 0 Å². The molecule has 0 amide bonds.